The molecule has 0 bridgehead atoms. The van der Waals surface area contributed by atoms with Crippen LogP contribution in [-0.2, 0) is 25.6 Å². The number of hydrogen-bond donors (Lipinski definition) is 7. The van der Waals surface area contributed by atoms with Gasteiger partial charge in [0.15, 0.2) is 0 Å². The average molecular weight is 513 g/mol. The molecule has 0 aromatic heterocycles. The Hall–Kier alpha value is -2.83. The Morgan fingerprint density at radius 2 is 1.49 bits per heavy atom. The molecule has 0 radical (unpaired) electrons. The van der Waals surface area contributed by atoms with Gasteiger partial charge in [-0.15, -0.1) is 0 Å². The number of aliphatic hydroxyl groups is 1. The first kappa shape index (κ1) is 30.2. The summed E-state index contributed by atoms with van der Waals surface area (Å²) in [4.78, 5) is 49.4. The second kappa shape index (κ2) is 15.2. The van der Waals surface area contributed by atoms with Gasteiger partial charge < -0.3 is 37.0 Å². The molecule has 196 valence electrons. The highest BCUT2D eigenvalue weighted by atomic mass is 32.2. The number of aromatic hydroxyl groups is 1. The van der Waals surface area contributed by atoms with Crippen molar-refractivity contribution < 1.29 is 34.5 Å². The molecule has 0 aliphatic rings. The van der Waals surface area contributed by atoms with E-state index in [2.05, 4.69) is 16.0 Å². The highest BCUT2D eigenvalue weighted by molar-refractivity contribution is 7.98. The maximum atomic E-state index is 12.9. The van der Waals surface area contributed by atoms with Crippen molar-refractivity contribution in [3.63, 3.8) is 0 Å². The van der Waals surface area contributed by atoms with Gasteiger partial charge in [-0.2, -0.15) is 11.8 Å². The molecule has 1 aromatic rings. The maximum Gasteiger partial charge on any atom is 0.326 e. The number of rotatable bonds is 15. The lowest BCUT2D eigenvalue weighted by Gasteiger charge is -2.24. The van der Waals surface area contributed by atoms with Crippen LogP contribution in [0.5, 0.6) is 5.75 Å². The number of phenols is 1. The third-order valence-electron chi connectivity index (χ3n) is 5.11. The van der Waals surface area contributed by atoms with E-state index in [1.165, 1.54) is 23.9 Å². The van der Waals surface area contributed by atoms with Crippen molar-refractivity contribution in [2.45, 2.75) is 57.3 Å². The SMILES string of the molecule is CSCCC(NC(=O)C(N)Cc1ccc(O)cc1)C(=O)NC(CO)C(=O)NC(CC(C)C)C(=O)O. The lowest BCUT2D eigenvalue weighted by Crippen LogP contribution is -2.58. The minimum Gasteiger partial charge on any atom is -0.508 e. The molecule has 0 fully saturated rings. The number of thioether (sulfide) groups is 1. The average Bonchev–Trinajstić information content (AvgIpc) is 2.80. The molecule has 11 nitrogen and oxygen atoms in total. The molecule has 8 N–H and O–H groups in total. The summed E-state index contributed by atoms with van der Waals surface area (Å²) in [5.41, 5.74) is 6.72. The first-order valence-corrected chi connectivity index (χ1v) is 12.6. The fourth-order valence-electron chi connectivity index (χ4n) is 3.19. The zero-order chi connectivity index (χ0) is 26.5. The van der Waals surface area contributed by atoms with Gasteiger partial charge in [0.2, 0.25) is 17.7 Å². The Morgan fingerprint density at radius 3 is 2.00 bits per heavy atom. The van der Waals surface area contributed by atoms with Crippen molar-refractivity contribution in [3.8, 4) is 5.75 Å². The van der Waals surface area contributed by atoms with Crippen molar-refractivity contribution in [2.24, 2.45) is 11.7 Å². The summed E-state index contributed by atoms with van der Waals surface area (Å²) >= 11 is 1.45. The number of phenolic OH excluding ortho intramolecular Hbond substituents is 1. The molecule has 0 saturated carbocycles. The van der Waals surface area contributed by atoms with Gasteiger partial charge in [-0.1, -0.05) is 26.0 Å². The van der Waals surface area contributed by atoms with E-state index in [1.54, 1.807) is 26.0 Å². The van der Waals surface area contributed by atoms with Crippen LogP contribution < -0.4 is 21.7 Å². The largest absolute Gasteiger partial charge is 0.508 e. The van der Waals surface area contributed by atoms with E-state index in [9.17, 15) is 34.5 Å². The van der Waals surface area contributed by atoms with E-state index < -0.39 is 54.5 Å². The predicted octanol–water partition coefficient (Wildman–Crippen LogP) is -0.407. The van der Waals surface area contributed by atoms with Gasteiger partial charge in [0, 0.05) is 0 Å². The summed E-state index contributed by atoms with van der Waals surface area (Å²) in [5.74, 6) is -2.73. The molecule has 1 aromatic carbocycles. The molecule has 12 heteroatoms. The monoisotopic (exact) mass is 512 g/mol. The van der Waals surface area contributed by atoms with Crippen LogP contribution in [0.3, 0.4) is 0 Å². The molecule has 4 atom stereocenters. The van der Waals surface area contributed by atoms with Crippen LogP contribution in [0.2, 0.25) is 0 Å². The Balaban J connectivity index is 2.83. The van der Waals surface area contributed by atoms with Gasteiger partial charge in [-0.25, -0.2) is 4.79 Å². The second-order valence-corrected chi connectivity index (χ2v) is 9.58. The minimum atomic E-state index is -1.39. The summed E-state index contributed by atoms with van der Waals surface area (Å²) < 4.78 is 0. The van der Waals surface area contributed by atoms with E-state index in [-0.39, 0.29) is 30.9 Å². The van der Waals surface area contributed by atoms with Crippen molar-refractivity contribution in [1.82, 2.24) is 16.0 Å². The van der Waals surface area contributed by atoms with Gasteiger partial charge >= 0.3 is 5.97 Å². The number of aliphatic hydroxyl groups excluding tert-OH is 1. The topological polar surface area (TPSA) is 191 Å². The van der Waals surface area contributed by atoms with Crippen LogP contribution >= 0.6 is 11.8 Å². The van der Waals surface area contributed by atoms with Gasteiger partial charge in [-0.05, 0) is 54.9 Å². The molecule has 0 aliphatic carbocycles. The summed E-state index contributed by atoms with van der Waals surface area (Å²) in [5, 5.41) is 35.6. The number of amides is 3. The Bertz CT molecular complexity index is 851. The van der Waals surface area contributed by atoms with E-state index in [4.69, 9.17) is 5.73 Å². The van der Waals surface area contributed by atoms with Crippen LogP contribution in [0.1, 0.15) is 32.3 Å². The number of carbonyl (C=O) groups is 4. The minimum absolute atomic E-state index is 0.00418. The number of hydrogen-bond acceptors (Lipinski definition) is 8. The summed E-state index contributed by atoms with van der Waals surface area (Å²) in [6.07, 6.45) is 2.43. The number of nitrogens with two attached hydrogens (primary N) is 1. The van der Waals surface area contributed by atoms with E-state index >= 15 is 0 Å². The quantitative estimate of drug-likeness (QED) is 0.164. The molecular formula is C23H36N4O7S. The molecule has 0 aliphatic heterocycles. The fourth-order valence-corrected chi connectivity index (χ4v) is 3.66. The molecule has 0 saturated heterocycles. The number of carbonyl (C=O) groups excluding carboxylic acids is 3. The number of carboxylic acid groups (broad SMARTS) is 1. The van der Waals surface area contributed by atoms with Crippen LogP contribution in [0.4, 0.5) is 0 Å². The van der Waals surface area contributed by atoms with E-state index in [0.29, 0.717) is 5.75 Å². The van der Waals surface area contributed by atoms with Crippen molar-refractivity contribution in [3.05, 3.63) is 29.8 Å². The maximum absolute atomic E-state index is 12.9. The zero-order valence-corrected chi connectivity index (χ0v) is 21.0. The Morgan fingerprint density at radius 1 is 0.943 bits per heavy atom. The third-order valence-corrected chi connectivity index (χ3v) is 5.75. The van der Waals surface area contributed by atoms with Gasteiger partial charge in [0.25, 0.3) is 0 Å². The first-order chi connectivity index (χ1) is 16.5. The number of carboxylic acids is 1. The van der Waals surface area contributed by atoms with Crippen LogP contribution in [0.25, 0.3) is 0 Å². The van der Waals surface area contributed by atoms with Crippen LogP contribution in [0, 0.1) is 5.92 Å². The van der Waals surface area contributed by atoms with Crippen LogP contribution in [0.15, 0.2) is 24.3 Å². The summed E-state index contributed by atoms with van der Waals surface area (Å²) in [6, 6.07) is 1.68. The van der Waals surface area contributed by atoms with Crippen molar-refractivity contribution in [2.75, 3.05) is 18.6 Å². The Labute approximate surface area is 209 Å². The third kappa shape index (κ3) is 11.0. The lowest BCUT2D eigenvalue weighted by atomic mass is 10.0. The predicted molar refractivity (Wildman–Crippen MR) is 133 cm³/mol. The molecular weight excluding hydrogens is 476 g/mol. The van der Waals surface area contributed by atoms with Gasteiger partial charge in [0.1, 0.15) is 23.9 Å². The first-order valence-electron chi connectivity index (χ1n) is 11.3. The number of nitrogens with one attached hydrogen (secondary N) is 3. The zero-order valence-electron chi connectivity index (χ0n) is 20.2. The normalized spacial score (nSPS) is 14.5. The second-order valence-electron chi connectivity index (χ2n) is 8.59. The summed E-state index contributed by atoms with van der Waals surface area (Å²) in [6.45, 7) is 2.85. The highest BCUT2D eigenvalue weighted by Gasteiger charge is 2.30. The Kier molecular flexibility index (Phi) is 13.1. The van der Waals surface area contributed by atoms with E-state index in [0.717, 1.165) is 5.56 Å². The molecule has 1 rings (SSSR count). The highest BCUT2D eigenvalue weighted by Crippen LogP contribution is 2.11. The fraction of sp³-hybridized carbons (Fsp3) is 0.565. The van der Waals surface area contributed by atoms with Gasteiger partial charge in [-0.3, -0.25) is 14.4 Å². The van der Waals surface area contributed by atoms with Crippen LogP contribution in [-0.4, -0.2) is 81.8 Å². The number of benzene rings is 1. The molecule has 35 heavy (non-hydrogen) atoms. The molecule has 0 heterocycles. The van der Waals surface area contributed by atoms with Crippen molar-refractivity contribution >= 4 is 35.5 Å². The van der Waals surface area contributed by atoms with E-state index in [1.807, 2.05) is 6.26 Å². The van der Waals surface area contributed by atoms with Crippen molar-refractivity contribution in [1.29, 1.82) is 0 Å². The van der Waals surface area contributed by atoms with Gasteiger partial charge in [0.05, 0.1) is 12.6 Å². The summed E-state index contributed by atoms with van der Waals surface area (Å²) in [7, 11) is 0. The lowest BCUT2D eigenvalue weighted by molar-refractivity contribution is -0.143. The number of aliphatic carboxylic acids is 1. The molecule has 3 amide bonds. The molecule has 0 spiro atoms. The standard InChI is InChI=1S/C23H36N4O7S/c1-13(2)10-18(23(33)34)26-22(32)19(12-28)27-21(31)17(8-9-35-3)25-20(30)16(24)11-14-4-6-15(29)7-5-14/h4-7,13,16-19,28-29H,8-12,24H2,1-3H3,(H,25,30)(H,26,32)(H,27,31)(H,33,34). The molecule has 4 unspecified atom stereocenters. The smallest absolute Gasteiger partial charge is 0.326 e.